The van der Waals surface area contributed by atoms with Crippen molar-refractivity contribution < 1.29 is 9.53 Å². The molecule has 14 heteroatoms. The largest absolute Gasteiger partial charge is 0.455 e. The Morgan fingerprint density at radius 3 is 2.46 bits per heavy atom. The van der Waals surface area contributed by atoms with Crippen molar-refractivity contribution in [2.45, 2.75) is 39.8 Å². The van der Waals surface area contributed by atoms with Gasteiger partial charge in [0.15, 0.2) is 0 Å². The topological polar surface area (TPSA) is 141 Å². The lowest BCUT2D eigenvalue weighted by Crippen LogP contribution is -2.53. The van der Waals surface area contributed by atoms with Crippen LogP contribution in [-0.4, -0.2) is 73.6 Å². The van der Waals surface area contributed by atoms with Crippen LogP contribution >= 0.6 is 20.6 Å². The van der Waals surface area contributed by atoms with Gasteiger partial charge in [0.25, 0.3) is 11.5 Å². The van der Waals surface area contributed by atoms with Gasteiger partial charge in [0.1, 0.15) is 28.4 Å². The molecule has 2 aromatic carbocycles. The molecule has 4 heterocycles. The van der Waals surface area contributed by atoms with E-state index in [2.05, 4.69) is 67.1 Å². The summed E-state index contributed by atoms with van der Waals surface area (Å²) >= 11 is 1.45. The molecule has 1 saturated heterocycles. The van der Waals surface area contributed by atoms with Gasteiger partial charge in [-0.05, 0) is 65.1 Å². The van der Waals surface area contributed by atoms with Gasteiger partial charge in [-0.1, -0.05) is 29.5 Å². The number of benzene rings is 2. The normalized spacial score (nSPS) is 13.7. The van der Waals surface area contributed by atoms with Crippen molar-refractivity contribution in [3.05, 3.63) is 115 Å². The van der Waals surface area contributed by atoms with Gasteiger partial charge in [0.2, 0.25) is 0 Å². The Balaban J connectivity index is 1.26. The molecule has 0 aliphatic carbocycles. The number of nitrogens with zero attached hydrogens (tertiary/aromatic N) is 6. The molecule has 1 aliphatic heterocycles. The predicted octanol–water partition coefficient (Wildman–Crippen LogP) is 4.02. The van der Waals surface area contributed by atoms with Crippen LogP contribution in [0.3, 0.4) is 0 Å². The number of anilines is 2. The van der Waals surface area contributed by atoms with Crippen LogP contribution in [-0.2, 0) is 6.54 Å². The van der Waals surface area contributed by atoms with Gasteiger partial charge in [-0.25, -0.2) is 19.3 Å². The van der Waals surface area contributed by atoms with Crippen molar-refractivity contribution in [3.8, 4) is 29.0 Å². The standard InChI is InChI=1S/C38H41N8O4PS/c1-24-6-9-28(10-7-24)46-36(48)30(22-44(37(46)49)21-27-23-52-25(2)41-27)35(47)42-26-8-11-32(33(51)20-26)50-31-13-15-40-34(39)29(31)12-14-38(3,4)45-18-16-43(5)17-19-45/h6-11,13,15,20,22-23H,16-19,21,51H2,1-5H3,(H2,39,40)(H,42,47). The van der Waals surface area contributed by atoms with Gasteiger partial charge in [-0.15, -0.1) is 20.6 Å². The monoisotopic (exact) mass is 736 g/mol. The molecule has 0 bridgehead atoms. The summed E-state index contributed by atoms with van der Waals surface area (Å²) in [5, 5.41) is 6.13. The van der Waals surface area contributed by atoms with Crippen molar-refractivity contribution in [1.29, 1.82) is 0 Å². The summed E-state index contributed by atoms with van der Waals surface area (Å²) in [5.41, 5.74) is 7.26. The van der Waals surface area contributed by atoms with Crippen LogP contribution in [0, 0.1) is 25.7 Å². The second-order valence-electron chi connectivity index (χ2n) is 13.3. The quantitative estimate of drug-likeness (QED) is 0.179. The van der Waals surface area contributed by atoms with E-state index >= 15 is 0 Å². The first-order valence-electron chi connectivity index (χ1n) is 16.7. The van der Waals surface area contributed by atoms with Gasteiger partial charge in [-0.3, -0.25) is 19.1 Å². The van der Waals surface area contributed by atoms with E-state index in [1.807, 2.05) is 19.2 Å². The number of carbonyl (C=O) groups is 1. The first kappa shape index (κ1) is 36.7. The lowest BCUT2D eigenvalue weighted by molar-refractivity contribution is 0.0946. The van der Waals surface area contributed by atoms with Crippen molar-refractivity contribution in [2.24, 2.45) is 0 Å². The molecule has 1 unspecified atom stereocenters. The van der Waals surface area contributed by atoms with E-state index in [1.165, 1.54) is 22.1 Å². The van der Waals surface area contributed by atoms with Gasteiger partial charge in [-0.2, -0.15) is 0 Å². The Hall–Kier alpha value is -5.12. The highest BCUT2D eigenvalue weighted by Gasteiger charge is 2.27. The number of nitrogens with one attached hydrogen (secondary N) is 1. The van der Waals surface area contributed by atoms with Gasteiger partial charge >= 0.3 is 5.69 Å². The van der Waals surface area contributed by atoms with E-state index in [9.17, 15) is 14.4 Å². The molecule has 0 saturated carbocycles. The number of pyridine rings is 1. The second-order valence-corrected chi connectivity index (χ2v) is 14.9. The predicted molar refractivity (Wildman–Crippen MR) is 209 cm³/mol. The highest BCUT2D eigenvalue weighted by atomic mass is 32.1. The smallest absolute Gasteiger partial charge is 0.336 e. The maximum absolute atomic E-state index is 13.7. The molecule has 0 radical (unpaired) electrons. The Bertz CT molecular complexity index is 2310. The van der Waals surface area contributed by atoms with Crippen LogP contribution in [0.1, 0.15) is 46.0 Å². The summed E-state index contributed by atoms with van der Waals surface area (Å²) in [4.78, 5) is 54.4. The molecule has 1 aliphatic rings. The molecule has 52 heavy (non-hydrogen) atoms. The summed E-state index contributed by atoms with van der Waals surface area (Å²) in [5.74, 6) is 7.14. The van der Waals surface area contributed by atoms with Gasteiger partial charge in [0.05, 0.1) is 28.5 Å². The molecule has 6 rings (SSSR count). The summed E-state index contributed by atoms with van der Waals surface area (Å²) in [6.45, 7) is 11.9. The second kappa shape index (κ2) is 15.2. The third kappa shape index (κ3) is 8.16. The van der Waals surface area contributed by atoms with Crippen molar-refractivity contribution in [1.82, 2.24) is 28.9 Å². The van der Waals surface area contributed by atoms with Crippen LogP contribution in [0.2, 0.25) is 0 Å². The molecule has 3 aromatic heterocycles. The Morgan fingerprint density at radius 2 is 1.79 bits per heavy atom. The third-order valence-corrected chi connectivity index (χ3v) is 10.2. The first-order chi connectivity index (χ1) is 24.8. The van der Waals surface area contributed by atoms with E-state index < -0.39 is 17.2 Å². The van der Waals surface area contributed by atoms with Crippen LogP contribution in [0.15, 0.2) is 75.9 Å². The number of aryl methyl sites for hydroxylation is 2. The number of aromatic nitrogens is 4. The van der Waals surface area contributed by atoms with E-state index in [1.54, 1.807) is 54.7 Å². The summed E-state index contributed by atoms with van der Waals surface area (Å²) < 4.78 is 8.64. The molecule has 1 atom stereocenters. The molecule has 5 aromatic rings. The van der Waals surface area contributed by atoms with Crippen molar-refractivity contribution in [2.75, 3.05) is 44.3 Å². The summed E-state index contributed by atoms with van der Waals surface area (Å²) in [6.07, 6.45) is 2.86. The molecule has 1 fully saturated rings. The summed E-state index contributed by atoms with van der Waals surface area (Å²) in [6, 6.07) is 13.8. The van der Waals surface area contributed by atoms with E-state index in [-0.39, 0.29) is 23.5 Å². The number of rotatable bonds is 8. The minimum Gasteiger partial charge on any atom is -0.455 e. The number of carbonyl (C=O) groups excluding carboxylic acids is 1. The van der Waals surface area contributed by atoms with Crippen LogP contribution in [0.5, 0.6) is 11.5 Å². The van der Waals surface area contributed by atoms with Crippen LogP contribution in [0.25, 0.3) is 5.69 Å². The zero-order chi connectivity index (χ0) is 37.2. The number of thiazole rings is 1. The molecular formula is C38H41N8O4PS. The first-order valence-corrected chi connectivity index (χ1v) is 18.2. The van der Waals surface area contributed by atoms with E-state index in [0.717, 1.165) is 41.3 Å². The van der Waals surface area contributed by atoms with Crippen LogP contribution < -0.4 is 32.3 Å². The highest BCUT2D eigenvalue weighted by Crippen LogP contribution is 2.29. The van der Waals surface area contributed by atoms with Crippen molar-refractivity contribution in [3.63, 3.8) is 0 Å². The van der Waals surface area contributed by atoms with Gasteiger partial charge < -0.3 is 20.7 Å². The molecular weight excluding hydrogens is 696 g/mol. The Labute approximate surface area is 308 Å². The molecule has 12 nitrogen and oxygen atoms in total. The average molecular weight is 737 g/mol. The maximum Gasteiger partial charge on any atom is 0.336 e. The number of nitrogens with two attached hydrogens (primary N) is 1. The number of hydrogen-bond acceptors (Lipinski definition) is 10. The third-order valence-electron chi connectivity index (χ3n) is 8.91. The van der Waals surface area contributed by atoms with Crippen LogP contribution in [0.4, 0.5) is 11.5 Å². The zero-order valence-corrected chi connectivity index (χ0v) is 31.7. The van der Waals surface area contributed by atoms with E-state index in [4.69, 9.17) is 10.5 Å². The Kier molecular flexibility index (Phi) is 10.7. The lowest BCUT2D eigenvalue weighted by Gasteiger charge is -2.40. The Morgan fingerprint density at radius 1 is 1.06 bits per heavy atom. The molecule has 3 N–H and O–H groups in total. The number of hydrogen-bond donors (Lipinski definition) is 2. The zero-order valence-electron chi connectivity index (χ0n) is 29.8. The van der Waals surface area contributed by atoms with Crippen molar-refractivity contribution >= 4 is 43.3 Å². The summed E-state index contributed by atoms with van der Waals surface area (Å²) in [7, 11) is 4.73. The molecule has 268 valence electrons. The number of ether oxygens (including phenoxy) is 1. The fourth-order valence-corrected chi connectivity index (χ4v) is 6.75. The number of nitrogen functional groups attached to an aromatic ring is 1. The lowest BCUT2D eigenvalue weighted by atomic mass is 10.0. The number of likely N-dealkylation sites (N-methyl/N-ethyl adjacent to an activating group) is 1. The highest BCUT2D eigenvalue weighted by molar-refractivity contribution is 7.27. The van der Waals surface area contributed by atoms with E-state index in [0.29, 0.717) is 39.4 Å². The number of amides is 1. The number of piperazine rings is 1. The fourth-order valence-electron chi connectivity index (χ4n) is 5.81. The minimum absolute atomic E-state index is 0.0939. The minimum atomic E-state index is -0.733. The SMILES string of the molecule is Cc1ccc(-n2c(=O)c(C(=O)Nc3ccc(Oc4ccnc(N)c4C#CC(C)(C)N4CCN(C)CC4)c(P)c3)cn(Cc3csc(C)n3)c2=O)cc1. The fraction of sp³-hybridized carbons (Fsp3) is 0.289. The molecule has 1 amide bonds. The maximum atomic E-state index is 13.7. The van der Waals surface area contributed by atoms with Gasteiger partial charge in [0, 0.05) is 61.0 Å². The molecule has 0 spiro atoms. The average Bonchev–Trinajstić information content (AvgIpc) is 3.52.